The van der Waals surface area contributed by atoms with Crippen LogP contribution in [0.3, 0.4) is 0 Å². The molecule has 1 aromatic heterocycles. The zero-order valence-corrected chi connectivity index (χ0v) is 10.8. The fourth-order valence-corrected chi connectivity index (χ4v) is 2.72. The first kappa shape index (κ1) is 12.5. The van der Waals surface area contributed by atoms with E-state index >= 15 is 0 Å². The molecule has 6 nitrogen and oxygen atoms in total. The maximum atomic E-state index is 12.5. The second-order valence-corrected chi connectivity index (χ2v) is 5.00. The van der Waals surface area contributed by atoms with Crippen molar-refractivity contribution in [3.8, 4) is 0 Å². The Labute approximate surface area is 112 Å². The number of nitrogens with one attached hydrogen (secondary N) is 1. The van der Waals surface area contributed by atoms with Gasteiger partial charge in [0.1, 0.15) is 6.33 Å². The molecule has 2 fully saturated rings. The van der Waals surface area contributed by atoms with E-state index in [-0.39, 0.29) is 17.9 Å². The van der Waals surface area contributed by atoms with E-state index in [4.69, 9.17) is 4.84 Å². The van der Waals surface area contributed by atoms with Gasteiger partial charge in [-0.3, -0.25) is 9.63 Å². The Bertz CT molecular complexity index is 434. The highest BCUT2D eigenvalue weighted by Crippen LogP contribution is 2.32. The predicted octanol–water partition coefficient (Wildman–Crippen LogP) is 0.681. The van der Waals surface area contributed by atoms with Crippen LogP contribution in [0.4, 0.5) is 0 Å². The van der Waals surface area contributed by atoms with Crippen molar-refractivity contribution in [1.29, 1.82) is 0 Å². The molecule has 0 aromatic carbocycles. The summed E-state index contributed by atoms with van der Waals surface area (Å²) in [6.45, 7) is 2.39. The SMILES string of the molecule is O=C(C1CCNCC1)N1OCC[C@H]1c1cncnc1. The molecule has 2 saturated heterocycles. The van der Waals surface area contributed by atoms with Gasteiger partial charge < -0.3 is 5.32 Å². The van der Waals surface area contributed by atoms with E-state index < -0.39 is 0 Å². The van der Waals surface area contributed by atoms with Crippen molar-refractivity contribution in [2.24, 2.45) is 5.92 Å². The zero-order chi connectivity index (χ0) is 13.1. The minimum absolute atomic E-state index is 0.0383. The van der Waals surface area contributed by atoms with Crippen LogP contribution in [-0.4, -0.2) is 40.6 Å². The fraction of sp³-hybridized carbons (Fsp3) is 0.615. The Kier molecular flexibility index (Phi) is 3.70. The predicted molar refractivity (Wildman–Crippen MR) is 67.8 cm³/mol. The number of nitrogens with zero attached hydrogens (tertiary/aromatic N) is 3. The molecular formula is C13H18N4O2. The number of hydroxylamine groups is 2. The van der Waals surface area contributed by atoms with Crippen molar-refractivity contribution in [3.63, 3.8) is 0 Å². The molecule has 102 valence electrons. The number of piperidine rings is 1. The van der Waals surface area contributed by atoms with Crippen molar-refractivity contribution < 1.29 is 9.63 Å². The van der Waals surface area contributed by atoms with Crippen molar-refractivity contribution in [3.05, 3.63) is 24.3 Å². The lowest BCUT2D eigenvalue weighted by Gasteiger charge is -2.29. The number of hydrogen-bond donors (Lipinski definition) is 1. The first-order valence-corrected chi connectivity index (χ1v) is 6.78. The lowest BCUT2D eigenvalue weighted by molar-refractivity contribution is -0.182. The highest BCUT2D eigenvalue weighted by atomic mass is 16.7. The molecule has 0 aliphatic carbocycles. The summed E-state index contributed by atoms with van der Waals surface area (Å²) in [6.07, 6.45) is 7.60. The molecule has 0 unspecified atom stereocenters. The number of rotatable bonds is 2. The third-order valence-electron chi connectivity index (χ3n) is 3.78. The van der Waals surface area contributed by atoms with E-state index in [0.717, 1.165) is 37.9 Å². The van der Waals surface area contributed by atoms with Crippen LogP contribution in [0.15, 0.2) is 18.7 Å². The second kappa shape index (κ2) is 5.63. The lowest BCUT2D eigenvalue weighted by atomic mass is 9.96. The lowest BCUT2D eigenvalue weighted by Crippen LogP contribution is -2.40. The molecule has 3 heterocycles. The molecule has 0 radical (unpaired) electrons. The number of hydrogen-bond acceptors (Lipinski definition) is 5. The Balaban J connectivity index is 1.74. The summed E-state index contributed by atoms with van der Waals surface area (Å²) in [5, 5.41) is 4.82. The Morgan fingerprint density at radius 3 is 2.74 bits per heavy atom. The van der Waals surface area contributed by atoms with E-state index in [1.807, 2.05) is 0 Å². The molecule has 2 aliphatic rings. The summed E-state index contributed by atoms with van der Waals surface area (Å²) in [4.78, 5) is 26.1. The smallest absolute Gasteiger partial charge is 0.249 e. The van der Waals surface area contributed by atoms with Crippen LogP contribution in [0.2, 0.25) is 0 Å². The van der Waals surface area contributed by atoms with Gasteiger partial charge in [-0.15, -0.1) is 0 Å². The van der Waals surface area contributed by atoms with E-state index in [1.54, 1.807) is 17.5 Å². The first-order chi connectivity index (χ1) is 9.36. The summed E-state index contributed by atoms with van der Waals surface area (Å²) in [6, 6.07) is -0.0383. The van der Waals surface area contributed by atoms with E-state index in [9.17, 15) is 4.79 Å². The van der Waals surface area contributed by atoms with Crippen molar-refractivity contribution in [1.82, 2.24) is 20.3 Å². The van der Waals surface area contributed by atoms with Gasteiger partial charge in [-0.2, -0.15) is 0 Å². The quantitative estimate of drug-likeness (QED) is 0.849. The first-order valence-electron chi connectivity index (χ1n) is 6.78. The molecule has 6 heteroatoms. The molecule has 3 rings (SSSR count). The average molecular weight is 262 g/mol. The van der Waals surface area contributed by atoms with Crippen LogP contribution >= 0.6 is 0 Å². The molecule has 0 bridgehead atoms. The molecule has 1 N–H and O–H groups in total. The molecule has 2 aliphatic heterocycles. The Morgan fingerprint density at radius 1 is 1.26 bits per heavy atom. The van der Waals surface area contributed by atoms with Crippen LogP contribution in [0.1, 0.15) is 30.9 Å². The van der Waals surface area contributed by atoms with Gasteiger partial charge in [0.15, 0.2) is 0 Å². The third-order valence-corrected chi connectivity index (χ3v) is 3.78. The highest BCUT2D eigenvalue weighted by molar-refractivity contribution is 5.78. The molecule has 19 heavy (non-hydrogen) atoms. The standard InChI is InChI=1S/C13H18N4O2/c18-13(10-1-4-14-5-2-10)17-12(3-6-19-17)11-7-15-9-16-8-11/h7-10,12,14H,1-6H2/t12-/m0/s1. The van der Waals surface area contributed by atoms with Crippen LogP contribution in [0.25, 0.3) is 0 Å². The topological polar surface area (TPSA) is 67.4 Å². The van der Waals surface area contributed by atoms with Gasteiger partial charge in [0.2, 0.25) is 5.91 Å². The largest absolute Gasteiger partial charge is 0.317 e. The highest BCUT2D eigenvalue weighted by Gasteiger charge is 2.36. The Morgan fingerprint density at radius 2 is 2.00 bits per heavy atom. The number of amides is 1. The van der Waals surface area contributed by atoms with E-state index in [1.165, 1.54) is 6.33 Å². The van der Waals surface area contributed by atoms with Gasteiger partial charge in [-0.25, -0.2) is 15.0 Å². The third kappa shape index (κ3) is 2.59. The van der Waals surface area contributed by atoms with Gasteiger partial charge >= 0.3 is 0 Å². The maximum Gasteiger partial charge on any atom is 0.249 e. The molecule has 0 spiro atoms. The van der Waals surface area contributed by atoms with Gasteiger partial charge in [-0.05, 0) is 25.9 Å². The monoisotopic (exact) mass is 262 g/mol. The molecule has 1 aromatic rings. The van der Waals surface area contributed by atoms with Crippen LogP contribution < -0.4 is 5.32 Å². The minimum Gasteiger partial charge on any atom is -0.317 e. The summed E-state index contributed by atoms with van der Waals surface area (Å²) < 4.78 is 0. The zero-order valence-electron chi connectivity index (χ0n) is 10.8. The van der Waals surface area contributed by atoms with Crippen molar-refractivity contribution >= 4 is 5.91 Å². The summed E-state index contributed by atoms with van der Waals surface area (Å²) in [5.41, 5.74) is 0.947. The van der Waals surface area contributed by atoms with E-state index in [2.05, 4.69) is 15.3 Å². The van der Waals surface area contributed by atoms with Crippen LogP contribution in [0.5, 0.6) is 0 Å². The average Bonchev–Trinajstić information content (AvgIpc) is 2.98. The Hall–Kier alpha value is -1.53. The summed E-state index contributed by atoms with van der Waals surface area (Å²) in [5.74, 6) is 0.180. The minimum atomic E-state index is -0.0383. The van der Waals surface area contributed by atoms with E-state index in [0.29, 0.717) is 6.61 Å². The normalized spacial score (nSPS) is 24.6. The van der Waals surface area contributed by atoms with Gasteiger partial charge in [-0.1, -0.05) is 0 Å². The van der Waals surface area contributed by atoms with Crippen LogP contribution in [0, 0.1) is 5.92 Å². The fourth-order valence-electron chi connectivity index (χ4n) is 2.72. The van der Waals surface area contributed by atoms with Crippen molar-refractivity contribution in [2.75, 3.05) is 19.7 Å². The maximum absolute atomic E-state index is 12.5. The summed E-state index contributed by atoms with van der Waals surface area (Å²) >= 11 is 0. The molecule has 1 atom stereocenters. The van der Waals surface area contributed by atoms with Gasteiger partial charge in [0.25, 0.3) is 0 Å². The van der Waals surface area contributed by atoms with Gasteiger partial charge in [0.05, 0.1) is 12.6 Å². The molecule has 0 saturated carbocycles. The van der Waals surface area contributed by atoms with Gasteiger partial charge in [0, 0.05) is 30.3 Å². The second-order valence-electron chi connectivity index (χ2n) is 5.00. The molecule has 1 amide bonds. The van der Waals surface area contributed by atoms with Crippen molar-refractivity contribution in [2.45, 2.75) is 25.3 Å². The number of carbonyl (C=O) groups excluding carboxylic acids is 1. The summed E-state index contributed by atoms with van der Waals surface area (Å²) in [7, 11) is 0. The van der Waals surface area contributed by atoms with Crippen LogP contribution in [-0.2, 0) is 9.63 Å². The number of aromatic nitrogens is 2. The molecular weight excluding hydrogens is 244 g/mol. The number of carbonyl (C=O) groups is 1.